The molecule has 0 N–H and O–H groups in total. The maximum Gasteiger partial charge on any atom is 0.148 e. The van der Waals surface area contributed by atoms with Crippen molar-refractivity contribution in [3.63, 3.8) is 0 Å². The van der Waals surface area contributed by atoms with Gasteiger partial charge in [0.05, 0.1) is 16.5 Å². The number of fused-ring (bicyclic) bond motifs is 5. The Hall–Kier alpha value is -8.42. The van der Waals surface area contributed by atoms with Gasteiger partial charge in [-0.15, -0.1) is 12.8 Å². The molecule has 0 aromatic heterocycles. The number of nitrogens with zero attached hydrogens (tertiary/aromatic N) is 2. The number of hydrogen-bond acceptors (Lipinski definition) is 6. The van der Waals surface area contributed by atoms with Gasteiger partial charge in [-0.25, -0.2) is 0 Å². The van der Waals surface area contributed by atoms with Gasteiger partial charge in [0.2, 0.25) is 0 Å². The molecule has 0 atom stereocenters. The maximum absolute atomic E-state index is 9.77. The van der Waals surface area contributed by atoms with Crippen LogP contribution in [0.3, 0.4) is 0 Å². The average molecular weight is 761 g/mol. The van der Waals surface area contributed by atoms with E-state index in [1.165, 1.54) is 22.3 Å². The third-order valence-electron chi connectivity index (χ3n) is 10.7. The third kappa shape index (κ3) is 6.48. The number of benzene rings is 8. The highest BCUT2D eigenvalue weighted by atomic mass is 16.5. The summed E-state index contributed by atoms with van der Waals surface area (Å²) >= 11 is 0. The van der Waals surface area contributed by atoms with Gasteiger partial charge >= 0.3 is 0 Å². The average Bonchev–Trinajstić information content (AvgIpc) is 3.58. The van der Waals surface area contributed by atoms with Crippen molar-refractivity contribution >= 4 is 21.5 Å². The predicted molar refractivity (Wildman–Crippen MR) is 230 cm³/mol. The first-order valence-electron chi connectivity index (χ1n) is 18.9. The minimum Gasteiger partial charge on any atom is -0.481 e. The van der Waals surface area contributed by atoms with E-state index in [1.807, 2.05) is 24.3 Å². The summed E-state index contributed by atoms with van der Waals surface area (Å²) in [4.78, 5) is 0. The topological polar surface area (TPSA) is 84.5 Å². The van der Waals surface area contributed by atoms with E-state index in [0.717, 1.165) is 32.7 Å². The van der Waals surface area contributed by atoms with Crippen LogP contribution < -0.4 is 18.9 Å². The second kappa shape index (κ2) is 15.3. The number of terminal acetylenes is 2. The van der Waals surface area contributed by atoms with Gasteiger partial charge in [0.15, 0.2) is 0 Å². The van der Waals surface area contributed by atoms with Crippen LogP contribution in [0, 0.1) is 47.3 Å². The third-order valence-corrected chi connectivity index (χ3v) is 10.7. The zero-order valence-corrected chi connectivity index (χ0v) is 31.6. The summed E-state index contributed by atoms with van der Waals surface area (Å²) in [5, 5.41) is 23.6. The van der Waals surface area contributed by atoms with E-state index in [4.69, 9.17) is 31.8 Å². The summed E-state index contributed by atoms with van der Waals surface area (Å²) in [6.45, 7) is 0.224. The minimum absolute atomic E-state index is 0.112. The molecule has 0 amide bonds. The smallest absolute Gasteiger partial charge is 0.148 e. The first kappa shape index (κ1) is 36.2. The first-order valence-corrected chi connectivity index (χ1v) is 18.9. The lowest BCUT2D eigenvalue weighted by molar-refractivity contribution is 0.367. The minimum atomic E-state index is -0.638. The van der Waals surface area contributed by atoms with Crippen molar-refractivity contribution in [1.82, 2.24) is 0 Å². The molecule has 59 heavy (non-hydrogen) atoms. The molecule has 0 fully saturated rings. The Morgan fingerprint density at radius 2 is 0.847 bits per heavy atom. The fourth-order valence-electron chi connectivity index (χ4n) is 8.11. The molecular weight excluding hydrogens is 729 g/mol. The lowest BCUT2D eigenvalue weighted by Gasteiger charge is -2.34. The van der Waals surface area contributed by atoms with Gasteiger partial charge in [-0.1, -0.05) is 96.8 Å². The van der Waals surface area contributed by atoms with Crippen molar-refractivity contribution < 1.29 is 18.9 Å². The lowest BCUT2D eigenvalue weighted by atomic mass is 9.67. The molecule has 0 saturated carbocycles. The molecule has 9 rings (SSSR count). The largest absolute Gasteiger partial charge is 0.481 e. The molecule has 6 nitrogen and oxygen atoms in total. The molecule has 0 saturated heterocycles. The van der Waals surface area contributed by atoms with E-state index in [0.29, 0.717) is 45.6 Å². The van der Waals surface area contributed by atoms with Crippen molar-refractivity contribution in [3.8, 4) is 82.4 Å². The van der Waals surface area contributed by atoms with E-state index < -0.39 is 5.41 Å². The Labute approximate surface area is 342 Å². The molecule has 1 aliphatic carbocycles. The Bertz CT molecular complexity index is 2930. The fraction of sp³-hybridized carbons (Fsp3) is 0.0566. The number of nitriles is 2. The van der Waals surface area contributed by atoms with E-state index >= 15 is 0 Å². The summed E-state index contributed by atoms with van der Waals surface area (Å²) in [6, 6.07) is 56.9. The first-order chi connectivity index (χ1) is 29.0. The van der Waals surface area contributed by atoms with E-state index in [9.17, 15) is 10.5 Å². The highest BCUT2D eigenvalue weighted by Crippen LogP contribution is 2.56. The SMILES string of the molecule is C#CCOc1ccc(C#N)c(Oc2ccc3cc(C4(c5ccc6cc(Oc7cc(OCC#C)ccc7C#N)ccc6c5)c5ccccc5-c5ccccc54)ccc3c2)c1. The molecule has 278 valence electrons. The normalized spacial score (nSPS) is 11.9. The maximum atomic E-state index is 9.77. The van der Waals surface area contributed by atoms with Crippen LogP contribution in [0.1, 0.15) is 33.4 Å². The highest BCUT2D eigenvalue weighted by molar-refractivity contribution is 5.92. The van der Waals surface area contributed by atoms with Gasteiger partial charge < -0.3 is 18.9 Å². The van der Waals surface area contributed by atoms with Gasteiger partial charge in [0.1, 0.15) is 59.8 Å². The second-order valence-corrected chi connectivity index (χ2v) is 14.0. The molecule has 0 spiro atoms. The lowest BCUT2D eigenvalue weighted by Crippen LogP contribution is -2.28. The van der Waals surface area contributed by atoms with Crippen molar-refractivity contribution in [2.24, 2.45) is 0 Å². The van der Waals surface area contributed by atoms with Crippen LogP contribution in [-0.4, -0.2) is 13.2 Å². The molecular formula is C53H32N2O4. The van der Waals surface area contributed by atoms with Gasteiger partial charge in [0, 0.05) is 12.1 Å². The van der Waals surface area contributed by atoms with Crippen LogP contribution in [0.2, 0.25) is 0 Å². The molecule has 6 heteroatoms. The molecule has 0 unspecified atom stereocenters. The standard InChI is InChI=1S/C53H32N2O4/c1-3-25-56-43-21-17-39(33-54)51(31-43)58-45-23-15-35-27-41(19-13-37(35)29-45)53(49-11-7-5-9-47(49)48-10-6-8-12-50(48)53)42-20-14-38-30-46(24-16-36(38)28-42)59-52-32-44(57-26-4-2)22-18-40(52)34-55/h1-2,5-24,27-32H,25-26H2. The Balaban J connectivity index is 1.13. The summed E-state index contributed by atoms with van der Waals surface area (Å²) in [6.07, 6.45) is 10.8. The monoisotopic (exact) mass is 760 g/mol. The number of ether oxygens (including phenoxy) is 4. The predicted octanol–water partition coefficient (Wildman–Crippen LogP) is 11.7. The molecule has 8 aromatic rings. The molecule has 1 aliphatic rings. The van der Waals surface area contributed by atoms with Gasteiger partial charge in [0.25, 0.3) is 0 Å². The Kier molecular flexibility index (Phi) is 9.37. The van der Waals surface area contributed by atoms with Crippen LogP contribution in [0.25, 0.3) is 32.7 Å². The zero-order chi connectivity index (χ0) is 40.3. The van der Waals surface area contributed by atoms with Crippen molar-refractivity contribution in [2.75, 3.05) is 13.2 Å². The van der Waals surface area contributed by atoms with Crippen molar-refractivity contribution in [3.05, 3.63) is 191 Å². The zero-order valence-electron chi connectivity index (χ0n) is 31.6. The van der Waals surface area contributed by atoms with Crippen LogP contribution >= 0.6 is 0 Å². The molecule has 0 heterocycles. The molecule has 0 aliphatic heterocycles. The molecule has 0 bridgehead atoms. The van der Waals surface area contributed by atoms with E-state index in [1.54, 1.807) is 36.4 Å². The Morgan fingerprint density at radius 3 is 1.29 bits per heavy atom. The van der Waals surface area contributed by atoms with Crippen molar-refractivity contribution in [1.29, 1.82) is 10.5 Å². The fourth-order valence-corrected chi connectivity index (χ4v) is 8.11. The van der Waals surface area contributed by atoms with Gasteiger partial charge in [-0.2, -0.15) is 10.5 Å². The van der Waals surface area contributed by atoms with Crippen molar-refractivity contribution in [2.45, 2.75) is 5.41 Å². The van der Waals surface area contributed by atoms with Crippen LogP contribution in [0.5, 0.6) is 34.5 Å². The van der Waals surface area contributed by atoms with Gasteiger partial charge in [-0.3, -0.25) is 0 Å². The van der Waals surface area contributed by atoms with E-state index in [-0.39, 0.29) is 13.2 Å². The van der Waals surface area contributed by atoms with Crippen LogP contribution in [0.15, 0.2) is 158 Å². The summed E-state index contributed by atoms with van der Waals surface area (Å²) in [7, 11) is 0. The quantitative estimate of drug-likeness (QED) is 0.129. The Morgan fingerprint density at radius 1 is 0.441 bits per heavy atom. The second-order valence-electron chi connectivity index (χ2n) is 14.0. The van der Waals surface area contributed by atoms with Crippen LogP contribution in [0.4, 0.5) is 0 Å². The number of rotatable bonds is 10. The molecule has 0 radical (unpaired) electrons. The summed E-state index contributed by atoms with van der Waals surface area (Å²) < 4.78 is 23.7. The number of hydrogen-bond donors (Lipinski definition) is 0. The van der Waals surface area contributed by atoms with Crippen LogP contribution in [-0.2, 0) is 5.41 Å². The summed E-state index contributed by atoms with van der Waals surface area (Å²) in [5.41, 5.74) is 7.17. The molecule has 8 aromatic carbocycles. The summed E-state index contributed by atoms with van der Waals surface area (Å²) in [5.74, 6) is 7.93. The van der Waals surface area contributed by atoms with Gasteiger partial charge in [-0.05, 0) is 116 Å². The van der Waals surface area contributed by atoms with E-state index in [2.05, 4.69) is 121 Å². The highest BCUT2D eigenvalue weighted by Gasteiger charge is 2.46.